The van der Waals surface area contributed by atoms with Gasteiger partial charge in [0.2, 0.25) is 0 Å². The van der Waals surface area contributed by atoms with Crippen LogP contribution in [0.25, 0.3) is 0 Å². The van der Waals surface area contributed by atoms with Crippen LogP contribution in [0.15, 0.2) is 46.1 Å². The van der Waals surface area contributed by atoms with Gasteiger partial charge in [-0.1, -0.05) is 12.1 Å². The number of nitrogens with zero attached hydrogens (tertiary/aromatic N) is 3. The molecule has 0 radical (unpaired) electrons. The minimum atomic E-state index is -0.429. The zero-order valence-corrected chi connectivity index (χ0v) is 13.0. The number of hydrogen-bond acceptors (Lipinski definition) is 3. The molecule has 1 heterocycles. The number of aromatic nitrogens is 2. The van der Waals surface area contributed by atoms with E-state index in [9.17, 15) is 9.18 Å². The van der Waals surface area contributed by atoms with Gasteiger partial charge in [0.15, 0.2) is 0 Å². The quantitative estimate of drug-likeness (QED) is 0.589. The second-order valence-corrected chi connectivity index (χ2v) is 4.64. The van der Waals surface area contributed by atoms with Gasteiger partial charge >= 0.3 is 0 Å². The van der Waals surface area contributed by atoms with Crippen molar-refractivity contribution < 1.29 is 4.39 Å². The van der Waals surface area contributed by atoms with E-state index in [1.54, 1.807) is 26.1 Å². The molecule has 0 atom stereocenters. The highest BCUT2D eigenvalue weighted by atomic mass is 19.1. The number of aliphatic imine (C=N–C) groups is 1. The zero-order valence-electron chi connectivity index (χ0n) is 13.0. The predicted octanol–water partition coefficient (Wildman–Crippen LogP) is 3.04. The van der Waals surface area contributed by atoms with E-state index in [2.05, 4.69) is 9.98 Å². The molecule has 21 heavy (non-hydrogen) atoms. The third-order valence-electron chi connectivity index (χ3n) is 3.03. The maximum absolute atomic E-state index is 13.2. The Hall–Kier alpha value is -2.30. The summed E-state index contributed by atoms with van der Waals surface area (Å²) in [5.41, 5.74) is 1.12. The SMILES string of the molecule is CN=C(/C=C(\C)F)n1c(C)nccccc(C)c(C)c1=O. The molecule has 5 heteroatoms. The Balaban J connectivity index is 3.92. The molecule has 0 saturated carbocycles. The standard InChI is InChI=1S/C16H20FN3O/c1-11-8-6-7-9-19-14(4)20(16(21)13(11)3)15(18-5)10-12(2)17/h6-10H,1-5H3/b8-6?,9-7?,12-10+,13-11?,18-15?,19-14?. The van der Waals surface area contributed by atoms with E-state index in [1.807, 2.05) is 19.1 Å². The van der Waals surface area contributed by atoms with Gasteiger partial charge in [0, 0.05) is 24.9 Å². The smallest absolute Gasteiger partial charge is 0.260 e. The molecular formula is C16H20FN3O. The fourth-order valence-electron chi connectivity index (χ4n) is 1.74. The molecule has 0 bridgehead atoms. The molecule has 0 amide bonds. The Bertz CT molecular complexity index is 697. The van der Waals surface area contributed by atoms with Gasteiger partial charge < -0.3 is 0 Å². The number of allylic oxidation sites excluding steroid dienone is 2. The van der Waals surface area contributed by atoms with Crippen LogP contribution in [-0.4, -0.2) is 22.4 Å². The first-order chi connectivity index (χ1) is 9.88. The van der Waals surface area contributed by atoms with E-state index in [4.69, 9.17) is 0 Å². The van der Waals surface area contributed by atoms with Crippen molar-refractivity contribution in [3.8, 4) is 0 Å². The Morgan fingerprint density at radius 1 is 1.33 bits per heavy atom. The Morgan fingerprint density at radius 2 is 2.00 bits per heavy atom. The molecule has 4 nitrogen and oxygen atoms in total. The van der Waals surface area contributed by atoms with Crippen LogP contribution in [0.5, 0.6) is 0 Å². The summed E-state index contributed by atoms with van der Waals surface area (Å²) in [6.45, 7) is 6.57. The van der Waals surface area contributed by atoms with Gasteiger partial charge in [0.05, 0.1) is 0 Å². The first-order valence-electron chi connectivity index (χ1n) is 6.58. The third kappa shape index (κ3) is 4.34. The topological polar surface area (TPSA) is 47.2 Å². The molecule has 1 aromatic rings. The van der Waals surface area contributed by atoms with Crippen LogP contribution in [0.4, 0.5) is 4.39 Å². The highest BCUT2D eigenvalue weighted by Crippen LogP contribution is 2.00. The van der Waals surface area contributed by atoms with E-state index in [0.717, 1.165) is 5.56 Å². The molecular weight excluding hydrogens is 269 g/mol. The maximum atomic E-state index is 13.2. The number of halogens is 1. The zero-order chi connectivity index (χ0) is 16.0. The second-order valence-electron chi connectivity index (χ2n) is 4.64. The summed E-state index contributed by atoms with van der Waals surface area (Å²) >= 11 is 0. The van der Waals surface area contributed by atoms with Crippen molar-refractivity contribution in [2.45, 2.75) is 27.7 Å². The van der Waals surface area contributed by atoms with Crippen molar-refractivity contribution in [2.24, 2.45) is 4.99 Å². The molecule has 0 spiro atoms. The average Bonchev–Trinajstić information content (AvgIpc) is 2.43. The molecule has 0 aliphatic carbocycles. The van der Waals surface area contributed by atoms with Crippen molar-refractivity contribution in [2.75, 3.05) is 7.05 Å². The lowest BCUT2D eigenvalue weighted by Crippen LogP contribution is -2.29. The number of aryl methyl sites for hydroxylation is 2. The van der Waals surface area contributed by atoms with Gasteiger partial charge in [0.25, 0.3) is 5.56 Å². The molecule has 0 N–H and O–H groups in total. The van der Waals surface area contributed by atoms with Gasteiger partial charge in [-0.3, -0.25) is 9.79 Å². The lowest BCUT2D eigenvalue weighted by atomic mass is 10.2. The van der Waals surface area contributed by atoms with E-state index in [-0.39, 0.29) is 11.4 Å². The lowest BCUT2D eigenvalue weighted by Gasteiger charge is -2.08. The van der Waals surface area contributed by atoms with Crippen LogP contribution >= 0.6 is 0 Å². The number of hydrogen-bond donors (Lipinski definition) is 0. The summed E-state index contributed by atoms with van der Waals surface area (Å²) in [6.07, 6.45) is 2.80. The van der Waals surface area contributed by atoms with Crippen molar-refractivity contribution in [3.63, 3.8) is 0 Å². The van der Waals surface area contributed by atoms with E-state index >= 15 is 0 Å². The summed E-state index contributed by atoms with van der Waals surface area (Å²) in [5, 5.41) is 0. The van der Waals surface area contributed by atoms with Crippen LogP contribution in [0.2, 0.25) is 0 Å². The van der Waals surface area contributed by atoms with Crippen LogP contribution in [0, 0.1) is 20.8 Å². The molecule has 1 aromatic heterocycles. The minimum Gasteiger partial charge on any atom is -0.271 e. The van der Waals surface area contributed by atoms with Gasteiger partial charge in [0.1, 0.15) is 17.5 Å². The largest absolute Gasteiger partial charge is 0.271 e. The van der Waals surface area contributed by atoms with E-state index < -0.39 is 5.83 Å². The molecule has 0 aliphatic heterocycles. The maximum Gasteiger partial charge on any atom is 0.260 e. The van der Waals surface area contributed by atoms with E-state index in [0.29, 0.717) is 11.4 Å². The third-order valence-corrected chi connectivity index (χ3v) is 3.03. The summed E-state index contributed by atoms with van der Waals surface area (Å²) in [5.74, 6) is 0.213. The normalized spacial score (nSPS) is 12.1. The molecule has 0 fully saturated rings. The lowest BCUT2D eigenvalue weighted by molar-refractivity contribution is 0.641. The minimum absolute atomic E-state index is 0.214. The van der Waals surface area contributed by atoms with Crippen molar-refractivity contribution >= 4 is 5.84 Å². The summed E-state index contributed by atoms with van der Waals surface area (Å²) in [6, 6.07) is 5.42. The van der Waals surface area contributed by atoms with E-state index in [1.165, 1.54) is 24.6 Å². The molecule has 1 rings (SSSR count). The molecule has 112 valence electrons. The summed E-state index contributed by atoms with van der Waals surface area (Å²) in [4.78, 5) is 20.8. The van der Waals surface area contributed by atoms with Gasteiger partial charge in [-0.05, 0) is 39.3 Å². The van der Waals surface area contributed by atoms with Crippen molar-refractivity contribution in [1.82, 2.24) is 9.55 Å². The van der Waals surface area contributed by atoms with Crippen molar-refractivity contribution in [1.29, 1.82) is 0 Å². The van der Waals surface area contributed by atoms with Gasteiger partial charge in [-0.15, -0.1) is 0 Å². The first-order valence-corrected chi connectivity index (χ1v) is 6.58. The summed E-state index contributed by atoms with van der Waals surface area (Å²) < 4.78 is 14.5. The second kappa shape index (κ2) is 7.47. The van der Waals surface area contributed by atoms with Crippen molar-refractivity contribution in [3.05, 3.63) is 63.6 Å². The van der Waals surface area contributed by atoms with Crippen LogP contribution in [0.3, 0.4) is 0 Å². The monoisotopic (exact) mass is 289 g/mol. The van der Waals surface area contributed by atoms with Crippen LogP contribution < -0.4 is 5.56 Å². The Labute approximate surface area is 124 Å². The van der Waals surface area contributed by atoms with Crippen LogP contribution in [-0.2, 0) is 0 Å². The predicted molar refractivity (Wildman–Crippen MR) is 84.0 cm³/mol. The number of rotatable bonds is 1. The summed E-state index contributed by atoms with van der Waals surface area (Å²) in [7, 11) is 1.51. The molecule has 0 unspecified atom stereocenters. The molecule has 0 aliphatic rings. The fourth-order valence-corrected chi connectivity index (χ4v) is 1.74. The van der Waals surface area contributed by atoms with Gasteiger partial charge in [-0.2, -0.15) is 0 Å². The highest BCUT2D eigenvalue weighted by Gasteiger charge is 2.07. The van der Waals surface area contributed by atoms with Crippen LogP contribution in [0.1, 0.15) is 23.9 Å². The highest BCUT2D eigenvalue weighted by molar-refractivity contribution is 5.95. The van der Waals surface area contributed by atoms with Gasteiger partial charge in [-0.25, -0.2) is 13.9 Å². The average molecular weight is 289 g/mol. The molecule has 0 saturated heterocycles. The Morgan fingerprint density at radius 3 is 2.57 bits per heavy atom. The fraction of sp³-hybridized carbons (Fsp3) is 0.312. The molecule has 0 aromatic carbocycles. The first kappa shape index (κ1) is 16.8. The Kier molecular flexibility index (Phi) is 5.96.